The second-order valence-electron chi connectivity index (χ2n) is 6.11. The molecular formula is C18H21FN4O3. The fourth-order valence-corrected chi connectivity index (χ4v) is 2.96. The standard InChI is InChI=1S/C18H21FN4O3/c1-11-12(7-8-15(24)20-9-4-10-26-2)18(25)23-17(21-11)16-13(19)5-3-6-14(16)22-23/h3,5-6,22H,4,7-10H2,1-2H3,(H,20,24). The van der Waals surface area contributed by atoms with Gasteiger partial charge in [0.25, 0.3) is 5.56 Å². The number of hydrogen-bond donors (Lipinski definition) is 2. The summed E-state index contributed by atoms with van der Waals surface area (Å²) in [5.74, 6) is -0.566. The van der Waals surface area contributed by atoms with Gasteiger partial charge >= 0.3 is 0 Å². The second-order valence-corrected chi connectivity index (χ2v) is 6.11. The summed E-state index contributed by atoms with van der Waals surface area (Å²) in [6.45, 7) is 2.81. The van der Waals surface area contributed by atoms with E-state index in [1.165, 1.54) is 10.6 Å². The molecule has 2 aromatic heterocycles. The SMILES string of the molecule is COCCCNC(=O)CCc1c(C)nc2c3c(F)cccc3[nH]n2c1=O. The van der Waals surface area contributed by atoms with E-state index in [1.54, 1.807) is 26.2 Å². The number of H-pyrrole nitrogens is 1. The van der Waals surface area contributed by atoms with Gasteiger partial charge in [-0.25, -0.2) is 13.9 Å². The first-order valence-corrected chi connectivity index (χ1v) is 8.47. The predicted octanol–water partition coefficient (Wildman–Crippen LogP) is 1.71. The molecule has 0 aliphatic heterocycles. The molecule has 2 N–H and O–H groups in total. The van der Waals surface area contributed by atoms with Crippen LogP contribution in [-0.2, 0) is 16.0 Å². The first-order valence-electron chi connectivity index (χ1n) is 8.47. The number of hydrogen-bond acceptors (Lipinski definition) is 4. The van der Waals surface area contributed by atoms with E-state index in [-0.39, 0.29) is 35.3 Å². The van der Waals surface area contributed by atoms with Crippen molar-refractivity contribution in [2.45, 2.75) is 26.2 Å². The Balaban J connectivity index is 1.84. The lowest BCUT2D eigenvalue weighted by molar-refractivity contribution is -0.121. The number of nitrogens with one attached hydrogen (secondary N) is 2. The van der Waals surface area contributed by atoms with Crippen LogP contribution >= 0.6 is 0 Å². The molecule has 0 unspecified atom stereocenters. The van der Waals surface area contributed by atoms with Crippen LogP contribution in [-0.4, -0.2) is 40.8 Å². The number of fused-ring (bicyclic) bond motifs is 3. The van der Waals surface area contributed by atoms with Gasteiger partial charge in [-0.05, 0) is 31.9 Å². The van der Waals surface area contributed by atoms with E-state index in [0.717, 1.165) is 6.42 Å². The van der Waals surface area contributed by atoms with Gasteiger partial charge in [0, 0.05) is 37.9 Å². The average molecular weight is 360 g/mol. The van der Waals surface area contributed by atoms with Gasteiger partial charge in [-0.15, -0.1) is 0 Å². The Bertz CT molecular complexity index is 1010. The van der Waals surface area contributed by atoms with Gasteiger partial charge in [-0.3, -0.25) is 14.7 Å². The van der Waals surface area contributed by atoms with Crippen LogP contribution in [0.4, 0.5) is 4.39 Å². The molecule has 1 amide bonds. The Morgan fingerprint density at radius 3 is 3.00 bits per heavy atom. The van der Waals surface area contributed by atoms with Crippen LogP contribution in [0.2, 0.25) is 0 Å². The molecule has 0 radical (unpaired) electrons. The van der Waals surface area contributed by atoms with Gasteiger partial charge in [0.1, 0.15) is 5.82 Å². The molecule has 0 aliphatic carbocycles. The smallest absolute Gasteiger partial charge is 0.276 e. The van der Waals surface area contributed by atoms with Gasteiger partial charge in [-0.2, -0.15) is 0 Å². The van der Waals surface area contributed by atoms with E-state index in [4.69, 9.17) is 4.74 Å². The molecule has 1 aromatic carbocycles. The van der Waals surface area contributed by atoms with E-state index in [0.29, 0.717) is 29.9 Å². The van der Waals surface area contributed by atoms with Crippen LogP contribution in [0.3, 0.4) is 0 Å². The fraction of sp³-hybridized carbons (Fsp3) is 0.389. The number of nitrogens with zero attached hydrogens (tertiary/aromatic N) is 2. The van der Waals surface area contributed by atoms with E-state index in [1.807, 2.05) is 0 Å². The van der Waals surface area contributed by atoms with Gasteiger partial charge in [-0.1, -0.05) is 6.07 Å². The number of amides is 1. The molecule has 0 bridgehead atoms. The summed E-state index contributed by atoms with van der Waals surface area (Å²) in [7, 11) is 1.61. The Kier molecular flexibility index (Phi) is 5.32. The highest BCUT2D eigenvalue weighted by atomic mass is 19.1. The van der Waals surface area contributed by atoms with Crippen molar-refractivity contribution < 1.29 is 13.9 Å². The minimum atomic E-state index is -0.435. The van der Waals surface area contributed by atoms with Crippen molar-refractivity contribution in [3.05, 3.63) is 45.6 Å². The summed E-state index contributed by atoms with van der Waals surface area (Å²) in [5, 5.41) is 5.95. The zero-order valence-electron chi connectivity index (χ0n) is 14.8. The minimum absolute atomic E-state index is 0.132. The van der Waals surface area contributed by atoms with E-state index in [9.17, 15) is 14.0 Å². The normalized spacial score (nSPS) is 11.3. The number of methoxy groups -OCH3 is 1. The van der Waals surface area contributed by atoms with Crippen molar-refractivity contribution in [3.63, 3.8) is 0 Å². The van der Waals surface area contributed by atoms with Gasteiger partial charge in [0.05, 0.1) is 10.9 Å². The Morgan fingerprint density at radius 1 is 1.42 bits per heavy atom. The summed E-state index contributed by atoms with van der Waals surface area (Å²) in [4.78, 5) is 29.1. The lowest BCUT2D eigenvalue weighted by Gasteiger charge is -2.07. The summed E-state index contributed by atoms with van der Waals surface area (Å²) < 4.78 is 20.3. The Morgan fingerprint density at radius 2 is 2.23 bits per heavy atom. The molecule has 0 spiro atoms. The first-order chi connectivity index (χ1) is 12.5. The minimum Gasteiger partial charge on any atom is -0.385 e. The Labute approximate surface area is 149 Å². The molecule has 0 saturated carbocycles. The largest absolute Gasteiger partial charge is 0.385 e. The van der Waals surface area contributed by atoms with Crippen molar-refractivity contribution in [3.8, 4) is 0 Å². The second kappa shape index (κ2) is 7.65. The molecular weight excluding hydrogens is 339 g/mol. The van der Waals surface area contributed by atoms with E-state index in [2.05, 4.69) is 15.4 Å². The lowest BCUT2D eigenvalue weighted by Crippen LogP contribution is -2.27. The van der Waals surface area contributed by atoms with Crippen LogP contribution in [0.15, 0.2) is 23.0 Å². The van der Waals surface area contributed by atoms with E-state index >= 15 is 0 Å². The summed E-state index contributed by atoms with van der Waals surface area (Å²) in [6, 6.07) is 4.59. The fourth-order valence-electron chi connectivity index (χ4n) is 2.96. The lowest BCUT2D eigenvalue weighted by atomic mass is 10.1. The zero-order valence-corrected chi connectivity index (χ0v) is 14.8. The maximum Gasteiger partial charge on any atom is 0.276 e. The molecule has 0 atom stereocenters. The third kappa shape index (κ3) is 3.45. The third-order valence-electron chi connectivity index (χ3n) is 4.30. The number of aromatic nitrogens is 3. The number of aryl methyl sites for hydroxylation is 1. The molecule has 138 valence electrons. The molecule has 3 aromatic rings. The number of ether oxygens (including phenoxy) is 1. The molecule has 0 aliphatic rings. The quantitative estimate of drug-likeness (QED) is 0.628. The number of aromatic amines is 1. The topological polar surface area (TPSA) is 88.5 Å². The number of rotatable bonds is 7. The molecule has 2 heterocycles. The predicted molar refractivity (Wildman–Crippen MR) is 95.8 cm³/mol. The zero-order chi connectivity index (χ0) is 18.7. The van der Waals surface area contributed by atoms with Gasteiger partial charge in [0.15, 0.2) is 5.65 Å². The first kappa shape index (κ1) is 18.1. The van der Waals surface area contributed by atoms with Crippen LogP contribution in [0.5, 0.6) is 0 Å². The molecule has 3 rings (SSSR count). The van der Waals surface area contributed by atoms with Crippen molar-refractivity contribution in [1.82, 2.24) is 19.9 Å². The van der Waals surface area contributed by atoms with Crippen molar-refractivity contribution in [2.24, 2.45) is 0 Å². The average Bonchev–Trinajstić information content (AvgIpc) is 2.98. The maximum atomic E-state index is 14.1. The van der Waals surface area contributed by atoms with Crippen LogP contribution in [0.1, 0.15) is 24.1 Å². The highest BCUT2D eigenvalue weighted by Gasteiger charge is 2.16. The summed E-state index contributed by atoms with van der Waals surface area (Å²) in [6.07, 6.45) is 1.19. The van der Waals surface area contributed by atoms with Crippen LogP contribution < -0.4 is 10.9 Å². The van der Waals surface area contributed by atoms with Gasteiger partial charge in [0.2, 0.25) is 5.91 Å². The van der Waals surface area contributed by atoms with E-state index < -0.39 is 5.82 Å². The van der Waals surface area contributed by atoms with Crippen LogP contribution in [0, 0.1) is 12.7 Å². The molecule has 0 fully saturated rings. The summed E-state index contributed by atoms with van der Waals surface area (Å²) >= 11 is 0. The third-order valence-corrected chi connectivity index (χ3v) is 4.30. The van der Waals surface area contributed by atoms with Crippen molar-refractivity contribution >= 4 is 22.5 Å². The number of benzene rings is 1. The van der Waals surface area contributed by atoms with Gasteiger partial charge < -0.3 is 10.1 Å². The van der Waals surface area contributed by atoms with Crippen LogP contribution in [0.25, 0.3) is 16.6 Å². The van der Waals surface area contributed by atoms with Crippen molar-refractivity contribution in [2.75, 3.05) is 20.3 Å². The molecule has 7 nitrogen and oxygen atoms in total. The Hall–Kier alpha value is -2.74. The number of carbonyl (C=O) groups excluding carboxylic acids is 1. The monoisotopic (exact) mass is 360 g/mol. The highest BCUT2D eigenvalue weighted by Crippen LogP contribution is 2.21. The maximum absolute atomic E-state index is 14.1. The number of halogens is 1. The molecule has 0 saturated heterocycles. The summed E-state index contributed by atoms with van der Waals surface area (Å²) in [5.41, 5.74) is 1.40. The highest BCUT2D eigenvalue weighted by molar-refractivity contribution is 5.92. The molecule has 26 heavy (non-hydrogen) atoms. The van der Waals surface area contributed by atoms with Crippen molar-refractivity contribution in [1.29, 1.82) is 0 Å². The molecule has 8 heteroatoms. The number of carbonyl (C=O) groups is 1.